The van der Waals surface area contributed by atoms with Gasteiger partial charge in [-0.3, -0.25) is 9.69 Å². The molecule has 1 heterocycles. The molecule has 26 heavy (non-hydrogen) atoms. The fourth-order valence-electron chi connectivity index (χ4n) is 2.63. The Morgan fingerprint density at radius 2 is 1.77 bits per heavy atom. The number of para-hydroxylation sites is 2. The van der Waals surface area contributed by atoms with E-state index in [1.54, 1.807) is 56.3 Å². The maximum Gasteiger partial charge on any atom is 0.285 e. The molecule has 0 bridgehead atoms. The highest BCUT2D eigenvalue weighted by atomic mass is 32.2. The zero-order chi connectivity index (χ0) is 18.9. The van der Waals surface area contributed by atoms with Gasteiger partial charge in [0.05, 0.1) is 22.9 Å². The zero-order valence-electron chi connectivity index (χ0n) is 14.5. The van der Waals surface area contributed by atoms with Crippen molar-refractivity contribution in [1.29, 1.82) is 0 Å². The molecule has 2 aromatic carbocycles. The van der Waals surface area contributed by atoms with Gasteiger partial charge in [0, 0.05) is 0 Å². The average molecular weight is 390 g/mol. The Kier molecular flexibility index (Phi) is 5.06. The first-order valence-electron chi connectivity index (χ1n) is 7.89. The van der Waals surface area contributed by atoms with E-state index >= 15 is 0 Å². The normalized spacial score (nSPS) is 19.2. The lowest BCUT2D eigenvalue weighted by atomic mass is 10.2. The van der Waals surface area contributed by atoms with Crippen LogP contribution in [0.25, 0.3) is 0 Å². The van der Waals surface area contributed by atoms with Gasteiger partial charge in [0.15, 0.2) is 5.17 Å². The van der Waals surface area contributed by atoms with Crippen LogP contribution in [-0.2, 0) is 14.8 Å². The quantitative estimate of drug-likeness (QED) is 0.801. The number of aryl methyl sites for hydroxylation is 1. The predicted molar refractivity (Wildman–Crippen MR) is 103 cm³/mol. The standard InChI is InChI=1S/C18H18N2O4S2/c1-12-8-4-7-11-16(12)26(22,23)19-18-20(17(21)13(2)25-18)14-9-5-6-10-15(14)24-3/h4-11,13H,1-3H3. The van der Waals surface area contributed by atoms with E-state index in [0.29, 0.717) is 17.0 Å². The van der Waals surface area contributed by atoms with Gasteiger partial charge in [-0.2, -0.15) is 8.42 Å². The Hall–Kier alpha value is -2.32. The summed E-state index contributed by atoms with van der Waals surface area (Å²) in [5.74, 6) is 0.231. The second-order valence-electron chi connectivity index (χ2n) is 5.72. The summed E-state index contributed by atoms with van der Waals surface area (Å²) in [5, 5.41) is -0.319. The van der Waals surface area contributed by atoms with Crippen molar-refractivity contribution >= 4 is 38.5 Å². The van der Waals surface area contributed by atoms with E-state index in [1.165, 1.54) is 18.1 Å². The van der Waals surface area contributed by atoms with Crippen LogP contribution in [0.1, 0.15) is 12.5 Å². The number of amides is 1. The molecule has 6 nitrogen and oxygen atoms in total. The fraction of sp³-hybridized carbons (Fsp3) is 0.222. The van der Waals surface area contributed by atoms with E-state index < -0.39 is 15.3 Å². The highest BCUT2D eigenvalue weighted by Crippen LogP contribution is 2.37. The Bertz CT molecular complexity index is 986. The molecule has 0 radical (unpaired) electrons. The van der Waals surface area contributed by atoms with Crippen LogP contribution < -0.4 is 9.64 Å². The third-order valence-electron chi connectivity index (χ3n) is 3.94. The van der Waals surface area contributed by atoms with Crippen molar-refractivity contribution in [1.82, 2.24) is 0 Å². The maximum atomic E-state index is 12.8. The topological polar surface area (TPSA) is 76.0 Å². The molecule has 1 fully saturated rings. The third-order valence-corrected chi connectivity index (χ3v) is 6.52. The van der Waals surface area contributed by atoms with E-state index in [1.807, 2.05) is 0 Å². The molecule has 1 saturated heterocycles. The summed E-state index contributed by atoms with van der Waals surface area (Å²) in [6.45, 7) is 3.43. The van der Waals surface area contributed by atoms with E-state index in [-0.39, 0.29) is 16.0 Å². The summed E-state index contributed by atoms with van der Waals surface area (Å²) < 4.78 is 34.9. The summed E-state index contributed by atoms with van der Waals surface area (Å²) in [6, 6.07) is 13.6. The van der Waals surface area contributed by atoms with Gasteiger partial charge in [0.2, 0.25) is 5.91 Å². The van der Waals surface area contributed by atoms with Crippen LogP contribution in [0.4, 0.5) is 5.69 Å². The monoisotopic (exact) mass is 390 g/mol. The molecule has 0 N–H and O–H groups in total. The largest absolute Gasteiger partial charge is 0.495 e. The van der Waals surface area contributed by atoms with E-state index in [9.17, 15) is 13.2 Å². The van der Waals surface area contributed by atoms with Gasteiger partial charge in [-0.15, -0.1) is 4.40 Å². The van der Waals surface area contributed by atoms with Gasteiger partial charge in [-0.25, -0.2) is 0 Å². The number of methoxy groups -OCH3 is 1. The number of amidine groups is 1. The van der Waals surface area contributed by atoms with Crippen molar-refractivity contribution < 1.29 is 17.9 Å². The SMILES string of the molecule is COc1ccccc1N1C(=O)C(C)SC1=NS(=O)(=O)c1ccccc1C. The highest BCUT2D eigenvalue weighted by molar-refractivity contribution is 8.16. The lowest BCUT2D eigenvalue weighted by Gasteiger charge is -2.19. The Labute approximate surface area is 156 Å². The smallest absolute Gasteiger partial charge is 0.285 e. The van der Waals surface area contributed by atoms with Crippen LogP contribution in [0.3, 0.4) is 0 Å². The summed E-state index contributed by atoms with van der Waals surface area (Å²) >= 11 is 1.11. The average Bonchev–Trinajstić information content (AvgIpc) is 2.88. The Balaban J connectivity index is 2.12. The number of ether oxygens (including phenoxy) is 1. The number of hydrogen-bond acceptors (Lipinski definition) is 5. The number of rotatable bonds is 4. The van der Waals surface area contributed by atoms with Gasteiger partial charge in [0.1, 0.15) is 5.75 Å². The third kappa shape index (κ3) is 3.34. The van der Waals surface area contributed by atoms with Crippen LogP contribution >= 0.6 is 11.8 Å². The molecule has 1 aliphatic rings. The van der Waals surface area contributed by atoms with E-state index in [4.69, 9.17) is 4.74 Å². The van der Waals surface area contributed by atoms with Crippen molar-refractivity contribution in [3.63, 3.8) is 0 Å². The van der Waals surface area contributed by atoms with Crippen molar-refractivity contribution in [2.75, 3.05) is 12.0 Å². The van der Waals surface area contributed by atoms with Gasteiger partial charge in [-0.1, -0.05) is 42.1 Å². The number of benzene rings is 2. The maximum absolute atomic E-state index is 12.8. The molecule has 0 spiro atoms. The van der Waals surface area contributed by atoms with Crippen molar-refractivity contribution in [3.8, 4) is 5.75 Å². The van der Waals surface area contributed by atoms with E-state index in [0.717, 1.165) is 11.8 Å². The molecule has 2 aromatic rings. The first-order chi connectivity index (χ1) is 12.3. The number of anilines is 1. The predicted octanol–water partition coefficient (Wildman–Crippen LogP) is 3.22. The highest BCUT2D eigenvalue weighted by Gasteiger charge is 2.39. The number of carbonyl (C=O) groups is 1. The number of thioether (sulfide) groups is 1. The number of sulfonamides is 1. The number of nitrogens with zero attached hydrogens (tertiary/aromatic N) is 2. The second-order valence-corrected chi connectivity index (χ2v) is 8.60. The molecule has 0 aromatic heterocycles. The molecule has 0 saturated carbocycles. The van der Waals surface area contributed by atoms with Crippen molar-refractivity contribution in [2.24, 2.45) is 4.40 Å². The zero-order valence-corrected chi connectivity index (χ0v) is 16.2. The molecule has 0 aliphatic carbocycles. The summed E-state index contributed by atoms with van der Waals surface area (Å²) in [5.41, 5.74) is 1.07. The Morgan fingerprint density at radius 3 is 2.46 bits per heavy atom. The molecule has 1 aliphatic heterocycles. The molecule has 136 valence electrons. The van der Waals surface area contributed by atoms with Crippen molar-refractivity contribution in [2.45, 2.75) is 24.0 Å². The molecule has 1 atom stereocenters. The summed E-state index contributed by atoms with van der Waals surface area (Å²) in [7, 11) is -2.45. The van der Waals surface area contributed by atoms with Crippen LogP contribution in [0.2, 0.25) is 0 Å². The van der Waals surface area contributed by atoms with Gasteiger partial charge < -0.3 is 4.74 Å². The molecule has 8 heteroatoms. The number of hydrogen-bond donors (Lipinski definition) is 0. The summed E-state index contributed by atoms with van der Waals surface area (Å²) in [4.78, 5) is 14.1. The molecular formula is C18H18N2O4S2. The fourth-order valence-corrected chi connectivity index (χ4v) is 5.03. The van der Waals surface area contributed by atoms with Gasteiger partial charge in [0.25, 0.3) is 10.0 Å². The minimum atomic E-state index is -3.95. The molecular weight excluding hydrogens is 372 g/mol. The lowest BCUT2D eigenvalue weighted by Crippen LogP contribution is -2.32. The van der Waals surface area contributed by atoms with Crippen LogP contribution in [0.5, 0.6) is 5.75 Å². The second kappa shape index (κ2) is 7.13. The molecule has 1 unspecified atom stereocenters. The Morgan fingerprint density at radius 1 is 1.12 bits per heavy atom. The first-order valence-corrected chi connectivity index (χ1v) is 10.2. The molecule has 1 amide bonds. The van der Waals surface area contributed by atoms with Crippen LogP contribution in [-0.4, -0.2) is 31.9 Å². The van der Waals surface area contributed by atoms with Gasteiger partial charge >= 0.3 is 0 Å². The minimum absolute atomic E-state index is 0.121. The van der Waals surface area contributed by atoms with Crippen LogP contribution in [0.15, 0.2) is 57.8 Å². The van der Waals surface area contributed by atoms with Crippen molar-refractivity contribution in [3.05, 3.63) is 54.1 Å². The lowest BCUT2D eigenvalue weighted by molar-refractivity contribution is -0.116. The summed E-state index contributed by atoms with van der Waals surface area (Å²) in [6.07, 6.45) is 0. The van der Waals surface area contributed by atoms with Crippen LogP contribution in [0, 0.1) is 6.92 Å². The number of carbonyl (C=O) groups excluding carboxylic acids is 1. The minimum Gasteiger partial charge on any atom is -0.495 e. The first kappa shape index (κ1) is 18.5. The van der Waals surface area contributed by atoms with E-state index in [2.05, 4.69) is 4.40 Å². The van der Waals surface area contributed by atoms with Gasteiger partial charge in [-0.05, 0) is 37.6 Å². The molecule has 3 rings (SSSR count).